The van der Waals surface area contributed by atoms with Gasteiger partial charge in [-0.25, -0.2) is 0 Å². The van der Waals surface area contributed by atoms with Crippen molar-refractivity contribution < 1.29 is 0 Å². The summed E-state index contributed by atoms with van der Waals surface area (Å²) in [6.07, 6.45) is 0. The third-order valence-electron chi connectivity index (χ3n) is 3.83. The summed E-state index contributed by atoms with van der Waals surface area (Å²) in [7, 11) is 0. The van der Waals surface area contributed by atoms with Crippen LogP contribution < -0.4 is 5.32 Å². The van der Waals surface area contributed by atoms with Crippen molar-refractivity contribution in [1.29, 1.82) is 0 Å². The fourth-order valence-electron chi connectivity index (χ4n) is 2.62. The first-order valence-electron chi connectivity index (χ1n) is 7.53. The van der Waals surface area contributed by atoms with E-state index in [0.717, 1.165) is 16.7 Å². The zero-order chi connectivity index (χ0) is 16.1. The lowest BCUT2D eigenvalue weighted by atomic mass is 9.91. The predicted molar refractivity (Wildman–Crippen MR) is 102 cm³/mol. The third-order valence-corrected chi connectivity index (χ3v) is 5.07. The third kappa shape index (κ3) is 4.15. The van der Waals surface area contributed by atoms with Crippen molar-refractivity contribution in [2.75, 3.05) is 11.9 Å². The van der Waals surface area contributed by atoms with Gasteiger partial charge in [-0.2, -0.15) is 0 Å². The molecule has 0 atom stereocenters. The summed E-state index contributed by atoms with van der Waals surface area (Å²) in [4.78, 5) is 0. The van der Waals surface area contributed by atoms with Gasteiger partial charge in [0.25, 0.3) is 0 Å². The van der Waals surface area contributed by atoms with E-state index in [1.165, 1.54) is 11.1 Å². The number of hydrogen-bond acceptors (Lipinski definition) is 1. The first-order valence-corrected chi connectivity index (χ1v) is 8.70. The molecular weight excluding hydrogens is 370 g/mol. The molecule has 0 aliphatic heterocycles. The van der Waals surface area contributed by atoms with Gasteiger partial charge in [0, 0.05) is 22.6 Å². The van der Waals surface area contributed by atoms with Gasteiger partial charge in [0.1, 0.15) is 0 Å². The predicted octanol–water partition coefficient (Wildman–Crippen LogP) is 6.35. The summed E-state index contributed by atoms with van der Waals surface area (Å²) in [5.41, 5.74) is 3.62. The van der Waals surface area contributed by atoms with E-state index in [4.69, 9.17) is 11.6 Å². The lowest BCUT2D eigenvalue weighted by molar-refractivity contribution is 0.853. The standard InChI is InChI=1S/C20H17BrClN/c21-19-12-11-17(13-20(19)22)23-14-18(15-7-3-1-4-8-15)16-9-5-2-6-10-16/h1-13,18,23H,14H2. The minimum absolute atomic E-state index is 0.292. The second-order valence-corrected chi connectivity index (χ2v) is 6.65. The Bertz CT molecular complexity index is 720. The average molecular weight is 387 g/mol. The van der Waals surface area contributed by atoms with Crippen molar-refractivity contribution in [3.05, 3.63) is 99.5 Å². The molecule has 1 nitrogen and oxygen atoms in total. The molecule has 0 radical (unpaired) electrons. The molecule has 3 aromatic carbocycles. The Morgan fingerprint density at radius 3 is 1.91 bits per heavy atom. The van der Waals surface area contributed by atoms with Gasteiger partial charge in [0.05, 0.1) is 5.02 Å². The van der Waals surface area contributed by atoms with Crippen LogP contribution in [0.5, 0.6) is 0 Å². The Labute approximate surface area is 150 Å². The summed E-state index contributed by atoms with van der Waals surface area (Å²) in [6, 6.07) is 27.1. The largest absolute Gasteiger partial charge is 0.384 e. The molecule has 1 N–H and O–H groups in total. The molecule has 3 rings (SSSR count). The molecule has 23 heavy (non-hydrogen) atoms. The van der Waals surface area contributed by atoms with Gasteiger partial charge >= 0.3 is 0 Å². The van der Waals surface area contributed by atoms with Crippen LogP contribution in [0.25, 0.3) is 0 Å². The molecule has 3 aromatic rings. The maximum absolute atomic E-state index is 6.18. The highest BCUT2D eigenvalue weighted by Crippen LogP contribution is 2.28. The van der Waals surface area contributed by atoms with Crippen molar-refractivity contribution in [1.82, 2.24) is 0 Å². The van der Waals surface area contributed by atoms with Crippen LogP contribution in [0, 0.1) is 0 Å². The highest BCUT2D eigenvalue weighted by molar-refractivity contribution is 9.10. The first-order chi connectivity index (χ1) is 11.2. The summed E-state index contributed by atoms with van der Waals surface area (Å²) in [5.74, 6) is 0.292. The lowest BCUT2D eigenvalue weighted by Crippen LogP contribution is -2.14. The Balaban J connectivity index is 1.83. The van der Waals surface area contributed by atoms with E-state index in [2.05, 4.69) is 69.8 Å². The van der Waals surface area contributed by atoms with Crippen molar-refractivity contribution in [2.24, 2.45) is 0 Å². The maximum Gasteiger partial charge on any atom is 0.0568 e. The van der Waals surface area contributed by atoms with Crippen LogP contribution in [0.15, 0.2) is 83.3 Å². The number of rotatable bonds is 5. The molecule has 0 amide bonds. The zero-order valence-corrected chi connectivity index (χ0v) is 14.9. The van der Waals surface area contributed by atoms with Gasteiger partial charge in [-0.15, -0.1) is 0 Å². The maximum atomic E-state index is 6.18. The second-order valence-electron chi connectivity index (χ2n) is 5.38. The number of anilines is 1. The van der Waals surface area contributed by atoms with Crippen LogP contribution in [-0.2, 0) is 0 Å². The van der Waals surface area contributed by atoms with Gasteiger partial charge in [-0.3, -0.25) is 0 Å². The molecule has 0 saturated carbocycles. The molecule has 0 bridgehead atoms. The minimum atomic E-state index is 0.292. The molecule has 0 aliphatic rings. The topological polar surface area (TPSA) is 12.0 Å². The van der Waals surface area contributed by atoms with Crippen molar-refractivity contribution in [3.63, 3.8) is 0 Å². The minimum Gasteiger partial charge on any atom is -0.384 e. The molecule has 0 aliphatic carbocycles. The summed E-state index contributed by atoms with van der Waals surface area (Å²) in [5, 5.41) is 4.22. The second kappa shape index (κ2) is 7.67. The zero-order valence-electron chi connectivity index (χ0n) is 12.5. The fraction of sp³-hybridized carbons (Fsp3) is 0.100. The van der Waals surface area contributed by atoms with Gasteiger partial charge in [0.15, 0.2) is 0 Å². The van der Waals surface area contributed by atoms with Crippen LogP contribution in [0.2, 0.25) is 5.02 Å². The van der Waals surface area contributed by atoms with E-state index in [0.29, 0.717) is 10.9 Å². The Morgan fingerprint density at radius 1 is 0.826 bits per heavy atom. The average Bonchev–Trinajstić information content (AvgIpc) is 2.60. The van der Waals surface area contributed by atoms with E-state index in [-0.39, 0.29) is 0 Å². The smallest absolute Gasteiger partial charge is 0.0568 e. The van der Waals surface area contributed by atoms with Gasteiger partial charge in [-0.05, 0) is 45.3 Å². The molecule has 116 valence electrons. The van der Waals surface area contributed by atoms with Crippen molar-refractivity contribution in [3.8, 4) is 0 Å². The normalized spacial score (nSPS) is 10.7. The van der Waals surface area contributed by atoms with Gasteiger partial charge in [0.2, 0.25) is 0 Å². The van der Waals surface area contributed by atoms with Crippen LogP contribution in [0.1, 0.15) is 17.0 Å². The number of nitrogens with one attached hydrogen (secondary N) is 1. The fourth-order valence-corrected chi connectivity index (χ4v) is 3.05. The van der Waals surface area contributed by atoms with Crippen molar-refractivity contribution >= 4 is 33.2 Å². The van der Waals surface area contributed by atoms with Crippen LogP contribution >= 0.6 is 27.5 Å². The molecule has 0 fully saturated rings. The molecule has 0 saturated heterocycles. The van der Waals surface area contributed by atoms with Crippen molar-refractivity contribution in [2.45, 2.75) is 5.92 Å². The first kappa shape index (κ1) is 16.1. The molecule has 0 spiro atoms. The summed E-state index contributed by atoms with van der Waals surface area (Å²) in [6.45, 7) is 0.811. The van der Waals surface area contributed by atoms with E-state index < -0.39 is 0 Å². The molecule has 0 heterocycles. The van der Waals surface area contributed by atoms with Crippen LogP contribution in [0.3, 0.4) is 0 Å². The molecule has 0 aromatic heterocycles. The quantitative estimate of drug-likeness (QED) is 0.539. The van der Waals surface area contributed by atoms with Gasteiger partial charge < -0.3 is 5.32 Å². The molecule has 0 unspecified atom stereocenters. The van der Waals surface area contributed by atoms with Gasteiger partial charge in [-0.1, -0.05) is 72.3 Å². The van der Waals surface area contributed by atoms with Crippen LogP contribution in [0.4, 0.5) is 5.69 Å². The Hall–Kier alpha value is -1.77. The Morgan fingerprint density at radius 2 is 1.39 bits per heavy atom. The van der Waals surface area contributed by atoms with E-state index in [1.54, 1.807) is 0 Å². The number of hydrogen-bond donors (Lipinski definition) is 1. The molecule has 3 heteroatoms. The monoisotopic (exact) mass is 385 g/mol. The highest BCUT2D eigenvalue weighted by atomic mass is 79.9. The summed E-state index contributed by atoms with van der Waals surface area (Å²) < 4.78 is 0.910. The van der Waals surface area contributed by atoms with Crippen LogP contribution in [-0.4, -0.2) is 6.54 Å². The van der Waals surface area contributed by atoms with E-state index in [9.17, 15) is 0 Å². The number of benzene rings is 3. The lowest BCUT2D eigenvalue weighted by Gasteiger charge is -2.19. The summed E-state index contributed by atoms with van der Waals surface area (Å²) >= 11 is 9.60. The van der Waals surface area contributed by atoms with E-state index >= 15 is 0 Å². The molecular formula is C20H17BrClN. The SMILES string of the molecule is Clc1cc(NCC(c2ccccc2)c2ccccc2)ccc1Br. The Kier molecular flexibility index (Phi) is 5.37. The number of halogens is 2. The van der Waals surface area contributed by atoms with E-state index in [1.807, 2.05) is 30.3 Å². The highest BCUT2D eigenvalue weighted by Gasteiger charge is 2.13.